The van der Waals surface area contributed by atoms with Crippen molar-refractivity contribution in [2.45, 2.75) is 12.4 Å². The SMILES string of the molecule is O=C(NC(c1ccccc1[N+](=O)[O-])P(=O)(Cl)c1ccccc1)OCc1ccccc1. The average Bonchev–Trinajstić information content (AvgIpc) is 2.77. The van der Waals surface area contributed by atoms with Crippen LogP contribution in [0.5, 0.6) is 0 Å². The molecule has 0 saturated carbocycles. The van der Waals surface area contributed by atoms with Crippen molar-refractivity contribution in [1.29, 1.82) is 0 Å². The molecule has 3 aromatic rings. The van der Waals surface area contributed by atoms with Gasteiger partial charge in [-0.2, -0.15) is 0 Å². The highest BCUT2D eigenvalue weighted by atomic mass is 35.7. The van der Waals surface area contributed by atoms with E-state index in [1.807, 2.05) is 6.07 Å². The molecule has 0 spiro atoms. The number of nitro groups is 1. The standard InChI is InChI=1S/C21H18ClN2O5P/c22-30(28,17-11-5-2-6-12-17)20(18-13-7-8-14-19(18)24(26)27)23-21(25)29-15-16-9-3-1-4-10-16/h1-14,20H,15H2,(H,23,25). The van der Waals surface area contributed by atoms with E-state index in [0.29, 0.717) is 0 Å². The van der Waals surface area contributed by atoms with Crippen LogP contribution >= 0.6 is 17.7 Å². The molecule has 30 heavy (non-hydrogen) atoms. The molecule has 2 unspecified atom stereocenters. The van der Waals surface area contributed by atoms with Crippen molar-refractivity contribution < 1.29 is 19.0 Å². The fourth-order valence-electron chi connectivity index (χ4n) is 2.88. The average molecular weight is 445 g/mol. The maximum absolute atomic E-state index is 13.6. The van der Waals surface area contributed by atoms with Crippen LogP contribution < -0.4 is 10.6 Å². The highest BCUT2D eigenvalue weighted by Gasteiger charge is 2.39. The molecule has 1 amide bonds. The van der Waals surface area contributed by atoms with Gasteiger partial charge in [-0.05, 0) is 22.9 Å². The number of hydrogen-bond donors (Lipinski definition) is 1. The Kier molecular flexibility index (Phi) is 6.87. The lowest BCUT2D eigenvalue weighted by molar-refractivity contribution is -0.385. The number of benzene rings is 3. The van der Waals surface area contributed by atoms with Gasteiger partial charge in [-0.3, -0.25) is 14.7 Å². The Labute approximate surface area is 178 Å². The van der Waals surface area contributed by atoms with Gasteiger partial charge >= 0.3 is 6.09 Å². The van der Waals surface area contributed by atoms with Crippen molar-refractivity contribution in [3.8, 4) is 0 Å². The molecular formula is C21H18ClN2O5P. The molecule has 9 heteroatoms. The number of amides is 1. The van der Waals surface area contributed by atoms with E-state index >= 15 is 0 Å². The van der Waals surface area contributed by atoms with Crippen molar-refractivity contribution in [2.24, 2.45) is 0 Å². The highest BCUT2D eigenvalue weighted by Crippen LogP contribution is 2.62. The largest absolute Gasteiger partial charge is 0.445 e. The molecule has 0 aromatic heterocycles. The fourth-order valence-corrected chi connectivity index (χ4v) is 5.41. The van der Waals surface area contributed by atoms with E-state index in [0.717, 1.165) is 5.56 Å². The van der Waals surface area contributed by atoms with E-state index in [9.17, 15) is 19.5 Å². The molecule has 7 nitrogen and oxygen atoms in total. The van der Waals surface area contributed by atoms with Gasteiger partial charge in [0.15, 0.2) is 0 Å². The summed E-state index contributed by atoms with van der Waals surface area (Å²) in [5.74, 6) is -1.36. The molecule has 3 aromatic carbocycles. The number of hydrogen-bond acceptors (Lipinski definition) is 5. The zero-order chi connectivity index (χ0) is 21.6. The number of halogens is 1. The first-order valence-electron chi connectivity index (χ1n) is 8.95. The lowest BCUT2D eigenvalue weighted by Gasteiger charge is -2.24. The van der Waals surface area contributed by atoms with Gasteiger partial charge in [-0.15, -0.1) is 0 Å². The third-order valence-corrected chi connectivity index (χ3v) is 7.58. The van der Waals surface area contributed by atoms with Gasteiger partial charge in [-0.25, -0.2) is 4.79 Å². The molecule has 1 N–H and O–H groups in total. The zero-order valence-electron chi connectivity index (χ0n) is 15.7. The Balaban J connectivity index is 1.93. The van der Waals surface area contributed by atoms with E-state index in [1.54, 1.807) is 60.7 Å². The molecule has 0 saturated heterocycles. The molecule has 0 fully saturated rings. The lowest BCUT2D eigenvalue weighted by Crippen LogP contribution is -2.30. The second-order valence-corrected chi connectivity index (χ2v) is 10.0. The van der Waals surface area contributed by atoms with E-state index in [4.69, 9.17) is 16.0 Å². The predicted molar refractivity (Wildman–Crippen MR) is 115 cm³/mol. The van der Waals surface area contributed by atoms with E-state index in [-0.39, 0.29) is 23.2 Å². The van der Waals surface area contributed by atoms with Crippen molar-refractivity contribution in [1.82, 2.24) is 5.32 Å². The smallest absolute Gasteiger partial charge is 0.408 e. The van der Waals surface area contributed by atoms with E-state index in [1.165, 1.54) is 18.2 Å². The first-order chi connectivity index (χ1) is 14.4. The third kappa shape index (κ3) is 5.06. The number of nitrogens with zero attached hydrogens (tertiary/aromatic N) is 1. The first-order valence-corrected chi connectivity index (χ1v) is 11.6. The number of nitrogens with one attached hydrogen (secondary N) is 1. The van der Waals surface area contributed by atoms with Crippen LogP contribution in [0.1, 0.15) is 16.9 Å². The number of nitro benzene ring substituents is 1. The summed E-state index contributed by atoms with van der Waals surface area (Å²) in [6.45, 7) is -3.86. The van der Waals surface area contributed by atoms with Crippen LogP contribution in [0, 0.1) is 10.1 Å². The van der Waals surface area contributed by atoms with Crippen molar-refractivity contribution in [3.05, 3.63) is 106 Å². The Morgan fingerprint density at radius 2 is 1.57 bits per heavy atom. The van der Waals surface area contributed by atoms with Crippen molar-refractivity contribution in [2.75, 3.05) is 0 Å². The number of carbonyl (C=O) groups excluding carboxylic acids is 1. The van der Waals surface area contributed by atoms with Crippen LogP contribution in [0.4, 0.5) is 10.5 Å². The Morgan fingerprint density at radius 3 is 2.20 bits per heavy atom. The summed E-state index contributed by atoms with van der Waals surface area (Å²) in [7, 11) is 0. The second-order valence-electron chi connectivity index (χ2n) is 6.34. The normalized spacial score (nSPS) is 13.6. The van der Waals surface area contributed by atoms with Crippen molar-refractivity contribution >= 4 is 34.8 Å². The van der Waals surface area contributed by atoms with Gasteiger partial charge < -0.3 is 10.1 Å². The number of para-hydroxylation sites is 1. The Hall–Kier alpha value is -3.15. The van der Waals surface area contributed by atoms with Gasteiger partial charge in [0, 0.05) is 11.4 Å². The van der Waals surface area contributed by atoms with Gasteiger partial charge in [0.2, 0.25) is 6.49 Å². The van der Waals surface area contributed by atoms with Gasteiger partial charge in [-0.1, -0.05) is 72.8 Å². The van der Waals surface area contributed by atoms with Gasteiger partial charge in [0.25, 0.3) is 5.69 Å². The van der Waals surface area contributed by atoms with Crippen LogP contribution in [0.25, 0.3) is 0 Å². The molecule has 3 rings (SSSR count). The molecule has 0 aliphatic carbocycles. The van der Waals surface area contributed by atoms with Gasteiger partial charge in [0.05, 0.1) is 10.5 Å². The quantitative estimate of drug-likeness (QED) is 0.300. The Morgan fingerprint density at radius 1 is 1.00 bits per heavy atom. The van der Waals surface area contributed by atoms with E-state index < -0.39 is 23.3 Å². The number of carbonyl (C=O) groups is 1. The summed E-state index contributed by atoms with van der Waals surface area (Å²) in [6, 6.07) is 22.8. The summed E-state index contributed by atoms with van der Waals surface area (Å²) >= 11 is 6.46. The first kappa shape index (κ1) is 21.6. The fraction of sp³-hybridized carbons (Fsp3) is 0.0952. The molecular weight excluding hydrogens is 427 g/mol. The van der Waals surface area contributed by atoms with Crippen LogP contribution in [0.15, 0.2) is 84.9 Å². The third-order valence-electron chi connectivity index (χ3n) is 4.34. The maximum Gasteiger partial charge on any atom is 0.408 e. The molecule has 0 radical (unpaired) electrons. The van der Waals surface area contributed by atoms with Crippen LogP contribution in [-0.2, 0) is 15.9 Å². The minimum Gasteiger partial charge on any atom is -0.445 e. The topological polar surface area (TPSA) is 98.5 Å². The molecule has 2 atom stereocenters. The molecule has 154 valence electrons. The predicted octanol–water partition coefficient (Wildman–Crippen LogP) is 5.36. The summed E-state index contributed by atoms with van der Waals surface area (Å²) in [4.78, 5) is 23.4. The number of alkyl carbamates (subject to hydrolysis) is 1. The molecule has 0 heterocycles. The molecule has 0 bridgehead atoms. The highest BCUT2D eigenvalue weighted by molar-refractivity contribution is 7.95. The number of ether oxygens (including phenoxy) is 1. The zero-order valence-corrected chi connectivity index (χ0v) is 17.3. The molecule has 0 aliphatic rings. The Bertz CT molecular complexity index is 1080. The minimum absolute atomic E-state index is 0.0196. The van der Waals surface area contributed by atoms with Crippen LogP contribution in [0.2, 0.25) is 0 Å². The maximum atomic E-state index is 13.6. The molecule has 0 aliphatic heterocycles. The summed E-state index contributed by atoms with van der Waals surface area (Å²) in [6.07, 6.45) is -0.890. The summed E-state index contributed by atoms with van der Waals surface area (Å²) < 4.78 is 18.8. The monoisotopic (exact) mass is 444 g/mol. The van der Waals surface area contributed by atoms with Gasteiger partial charge in [0.1, 0.15) is 12.4 Å². The summed E-state index contributed by atoms with van der Waals surface area (Å²) in [5.41, 5.74) is 0.482. The number of rotatable bonds is 7. The summed E-state index contributed by atoms with van der Waals surface area (Å²) in [5, 5.41) is 14.3. The lowest BCUT2D eigenvalue weighted by atomic mass is 10.2. The van der Waals surface area contributed by atoms with Crippen molar-refractivity contribution in [3.63, 3.8) is 0 Å². The van der Waals surface area contributed by atoms with Crippen LogP contribution in [0.3, 0.4) is 0 Å². The van der Waals surface area contributed by atoms with Crippen LogP contribution in [-0.4, -0.2) is 11.0 Å². The minimum atomic E-state index is -3.84. The van der Waals surface area contributed by atoms with E-state index in [2.05, 4.69) is 5.32 Å². The second kappa shape index (κ2) is 9.57.